The Morgan fingerprint density at radius 3 is 2.57 bits per heavy atom. The van der Waals surface area contributed by atoms with E-state index >= 15 is 0 Å². The smallest absolute Gasteiger partial charge is 0.278 e. The summed E-state index contributed by atoms with van der Waals surface area (Å²) in [6.45, 7) is 0.843. The van der Waals surface area contributed by atoms with E-state index in [4.69, 9.17) is 0 Å². The molecular weight excluding hydrogens is 293 g/mol. The van der Waals surface area contributed by atoms with Crippen molar-refractivity contribution in [1.29, 1.82) is 0 Å². The van der Waals surface area contributed by atoms with Crippen molar-refractivity contribution in [2.75, 3.05) is 0 Å². The fourth-order valence-electron chi connectivity index (χ4n) is 3.11. The summed E-state index contributed by atoms with van der Waals surface area (Å²) < 4.78 is 17.0. The SMILES string of the molecule is O[C@H](c1ccc(F)cc1)c1n(-c2ccccc2)nc2[n+]1CCC2. The van der Waals surface area contributed by atoms with Crippen molar-refractivity contribution in [2.24, 2.45) is 0 Å². The molecule has 1 aromatic heterocycles. The number of aryl methyl sites for hydroxylation is 1. The maximum absolute atomic E-state index is 13.2. The van der Waals surface area contributed by atoms with Gasteiger partial charge in [-0.2, -0.15) is 0 Å². The predicted molar refractivity (Wildman–Crippen MR) is 82.5 cm³/mol. The maximum Gasteiger partial charge on any atom is 0.278 e. The van der Waals surface area contributed by atoms with Crippen LogP contribution in [0.25, 0.3) is 5.69 Å². The molecule has 1 atom stereocenters. The van der Waals surface area contributed by atoms with Crippen LogP contribution in [0.3, 0.4) is 0 Å². The zero-order valence-electron chi connectivity index (χ0n) is 12.6. The van der Waals surface area contributed by atoms with Gasteiger partial charge in [0.05, 0.1) is 6.54 Å². The molecule has 3 aromatic rings. The average Bonchev–Trinajstić information content (AvgIpc) is 3.16. The molecule has 0 saturated carbocycles. The lowest BCUT2D eigenvalue weighted by Crippen LogP contribution is -2.38. The van der Waals surface area contributed by atoms with Gasteiger partial charge >= 0.3 is 0 Å². The monoisotopic (exact) mass is 310 g/mol. The number of rotatable bonds is 3. The molecule has 116 valence electrons. The molecular formula is C18H17FN3O+. The number of fused-ring (bicyclic) bond motifs is 1. The summed E-state index contributed by atoms with van der Waals surface area (Å²) in [6.07, 6.45) is 1.08. The van der Waals surface area contributed by atoms with Gasteiger partial charge in [0.2, 0.25) is 0 Å². The fraction of sp³-hybridized carbons (Fsp3) is 0.222. The second-order valence-electron chi connectivity index (χ2n) is 5.73. The summed E-state index contributed by atoms with van der Waals surface area (Å²) in [5, 5.41) is 15.5. The summed E-state index contributed by atoms with van der Waals surface area (Å²) in [4.78, 5) is 0. The Hall–Kier alpha value is -2.53. The van der Waals surface area contributed by atoms with Crippen molar-refractivity contribution >= 4 is 0 Å². The van der Waals surface area contributed by atoms with Crippen molar-refractivity contribution in [2.45, 2.75) is 25.5 Å². The largest absolute Gasteiger partial charge is 0.377 e. The first-order valence-electron chi connectivity index (χ1n) is 7.74. The van der Waals surface area contributed by atoms with Gasteiger partial charge in [0, 0.05) is 11.5 Å². The molecule has 4 rings (SSSR count). The van der Waals surface area contributed by atoms with Crippen LogP contribution < -0.4 is 4.57 Å². The van der Waals surface area contributed by atoms with E-state index in [0.717, 1.165) is 36.7 Å². The topological polar surface area (TPSA) is 41.9 Å². The molecule has 0 bridgehead atoms. The zero-order chi connectivity index (χ0) is 15.8. The number of aromatic nitrogens is 3. The van der Waals surface area contributed by atoms with Crippen LogP contribution in [0.15, 0.2) is 54.6 Å². The number of hydrogen-bond donors (Lipinski definition) is 1. The van der Waals surface area contributed by atoms with E-state index in [9.17, 15) is 9.50 Å². The van der Waals surface area contributed by atoms with Gasteiger partial charge in [0.1, 0.15) is 11.5 Å². The minimum atomic E-state index is -0.852. The first-order chi connectivity index (χ1) is 11.2. The highest BCUT2D eigenvalue weighted by Crippen LogP contribution is 2.24. The van der Waals surface area contributed by atoms with E-state index < -0.39 is 6.10 Å². The third kappa shape index (κ3) is 2.43. The molecule has 2 aromatic carbocycles. The average molecular weight is 310 g/mol. The van der Waals surface area contributed by atoms with E-state index in [1.54, 1.807) is 16.8 Å². The minimum Gasteiger partial charge on any atom is -0.377 e. The third-order valence-electron chi connectivity index (χ3n) is 4.23. The second kappa shape index (κ2) is 5.59. The summed E-state index contributed by atoms with van der Waals surface area (Å²) >= 11 is 0. The van der Waals surface area contributed by atoms with Gasteiger partial charge in [-0.15, -0.1) is 0 Å². The van der Waals surface area contributed by atoms with Crippen molar-refractivity contribution < 1.29 is 14.1 Å². The standard InChI is InChI=1S/C18H17FN3O/c19-14-10-8-13(9-11-14)17(23)18-21-12-4-7-16(21)20-22(18)15-5-2-1-3-6-15/h1-3,5-6,8-11,17,23H,4,7,12H2/q+1/t17-/m1/s1. The second-order valence-corrected chi connectivity index (χ2v) is 5.73. The van der Waals surface area contributed by atoms with Gasteiger partial charge in [0.25, 0.3) is 11.6 Å². The summed E-state index contributed by atoms with van der Waals surface area (Å²) in [5.41, 5.74) is 1.57. The number of hydrogen-bond acceptors (Lipinski definition) is 2. The van der Waals surface area contributed by atoms with E-state index in [1.165, 1.54) is 12.1 Å². The molecule has 0 radical (unpaired) electrons. The van der Waals surface area contributed by atoms with Crippen molar-refractivity contribution in [3.8, 4) is 5.69 Å². The number of nitrogens with zero attached hydrogens (tertiary/aromatic N) is 3. The van der Waals surface area contributed by atoms with Gasteiger partial charge in [-0.3, -0.25) is 0 Å². The van der Waals surface area contributed by atoms with E-state index in [-0.39, 0.29) is 5.82 Å². The van der Waals surface area contributed by atoms with E-state index in [0.29, 0.717) is 5.56 Å². The van der Waals surface area contributed by atoms with Crippen molar-refractivity contribution in [1.82, 2.24) is 9.78 Å². The first kappa shape index (κ1) is 14.1. The summed E-state index contributed by atoms with van der Waals surface area (Å²) in [5.74, 6) is 1.38. The molecule has 1 N–H and O–H groups in total. The van der Waals surface area contributed by atoms with Crippen molar-refractivity contribution in [3.05, 3.63) is 77.6 Å². The van der Waals surface area contributed by atoms with Crippen LogP contribution >= 0.6 is 0 Å². The molecule has 0 amide bonds. The molecule has 2 heterocycles. The van der Waals surface area contributed by atoms with Crippen LogP contribution in [0, 0.1) is 5.82 Å². The molecule has 0 spiro atoms. The van der Waals surface area contributed by atoms with Crippen LogP contribution in [0.4, 0.5) is 4.39 Å². The van der Waals surface area contributed by atoms with Crippen LogP contribution in [-0.4, -0.2) is 14.9 Å². The zero-order valence-corrected chi connectivity index (χ0v) is 12.6. The summed E-state index contributed by atoms with van der Waals surface area (Å²) in [6, 6.07) is 15.7. The molecule has 5 heteroatoms. The predicted octanol–water partition coefficient (Wildman–Crippen LogP) is 2.33. The Labute approximate surface area is 133 Å². The highest BCUT2D eigenvalue weighted by atomic mass is 19.1. The lowest BCUT2D eigenvalue weighted by Gasteiger charge is -2.10. The van der Waals surface area contributed by atoms with Gasteiger partial charge in [-0.1, -0.05) is 35.0 Å². The number of aliphatic hydroxyl groups is 1. The van der Waals surface area contributed by atoms with Crippen LogP contribution in [0.2, 0.25) is 0 Å². The van der Waals surface area contributed by atoms with Crippen molar-refractivity contribution in [3.63, 3.8) is 0 Å². The minimum absolute atomic E-state index is 0.310. The quantitative estimate of drug-likeness (QED) is 0.755. The Bertz CT molecular complexity index is 827. The van der Waals surface area contributed by atoms with Crippen LogP contribution in [-0.2, 0) is 13.0 Å². The summed E-state index contributed by atoms with van der Waals surface area (Å²) in [7, 11) is 0. The first-order valence-corrected chi connectivity index (χ1v) is 7.74. The van der Waals surface area contributed by atoms with Crippen LogP contribution in [0.1, 0.15) is 29.7 Å². The lowest BCUT2D eigenvalue weighted by atomic mass is 10.1. The Balaban J connectivity index is 1.85. The Kier molecular flexibility index (Phi) is 3.42. The number of benzene rings is 2. The van der Waals surface area contributed by atoms with E-state index in [2.05, 4.69) is 9.67 Å². The van der Waals surface area contributed by atoms with Gasteiger partial charge in [-0.25, -0.2) is 8.96 Å². The molecule has 23 heavy (non-hydrogen) atoms. The molecule has 0 aliphatic carbocycles. The molecule has 0 saturated heterocycles. The van der Waals surface area contributed by atoms with Crippen LogP contribution in [0.5, 0.6) is 0 Å². The third-order valence-corrected chi connectivity index (χ3v) is 4.23. The fourth-order valence-corrected chi connectivity index (χ4v) is 3.11. The number of aliphatic hydroxyl groups excluding tert-OH is 1. The Morgan fingerprint density at radius 2 is 1.83 bits per heavy atom. The molecule has 1 aliphatic heterocycles. The lowest BCUT2D eigenvalue weighted by molar-refractivity contribution is -0.701. The molecule has 4 nitrogen and oxygen atoms in total. The Morgan fingerprint density at radius 1 is 1.09 bits per heavy atom. The van der Waals surface area contributed by atoms with Gasteiger partial charge in [-0.05, 0) is 36.2 Å². The van der Waals surface area contributed by atoms with E-state index in [1.807, 2.05) is 30.3 Å². The highest BCUT2D eigenvalue weighted by Gasteiger charge is 2.35. The number of para-hydroxylation sites is 1. The maximum atomic E-state index is 13.2. The van der Waals surface area contributed by atoms with Gasteiger partial charge in [0.15, 0.2) is 6.10 Å². The van der Waals surface area contributed by atoms with Gasteiger partial charge < -0.3 is 5.11 Å². The normalized spacial score (nSPS) is 14.7. The molecule has 1 aliphatic rings. The highest BCUT2D eigenvalue weighted by molar-refractivity contribution is 5.32. The molecule has 0 unspecified atom stereocenters. The number of halogens is 1. The molecule has 0 fully saturated rings.